The lowest BCUT2D eigenvalue weighted by Gasteiger charge is -2.37. The van der Waals surface area contributed by atoms with E-state index in [1.165, 1.54) is 37.8 Å². The number of hydrogen-bond donors (Lipinski definition) is 1. The van der Waals surface area contributed by atoms with Crippen LogP contribution in [0.25, 0.3) is 0 Å². The van der Waals surface area contributed by atoms with E-state index in [1.807, 2.05) is 6.07 Å². The molecule has 1 fully saturated rings. The molecule has 0 aromatic heterocycles. The van der Waals surface area contributed by atoms with Crippen LogP contribution in [-0.2, 0) is 0 Å². The van der Waals surface area contributed by atoms with E-state index in [2.05, 4.69) is 36.1 Å². The fourth-order valence-electron chi connectivity index (χ4n) is 3.04. The summed E-state index contributed by atoms with van der Waals surface area (Å²) in [7, 11) is 0. The van der Waals surface area contributed by atoms with E-state index in [0.717, 1.165) is 6.54 Å². The maximum absolute atomic E-state index is 5.98. The Bertz CT molecular complexity index is 404. The largest absolute Gasteiger partial charge is 0.393 e. The summed E-state index contributed by atoms with van der Waals surface area (Å²) in [5, 5.41) is 0. The summed E-state index contributed by atoms with van der Waals surface area (Å²) in [5.74, 6) is 0.184. The zero-order valence-corrected chi connectivity index (χ0v) is 12.5. The smallest absolute Gasteiger partial charge is 0.0816 e. The molecule has 2 nitrogen and oxygen atoms in total. The minimum atomic E-state index is 0.184. The normalized spacial score (nSPS) is 22.1. The van der Waals surface area contributed by atoms with Gasteiger partial charge in [-0.3, -0.25) is 4.90 Å². The molecule has 0 amide bonds. The molecule has 2 N–H and O–H groups in total. The fraction of sp³-hybridized carbons (Fsp3) is 0.562. The van der Waals surface area contributed by atoms with E-state index in [-0.39, 0.29) is 5.92 Å². The number of nitrogens with two attached hydrogens (primary N) is 1. The van der Waals surface area contributed by atoms with Crippen LogP contribution in [0.4, 0.5) is 0 Å². The molecular weight excluding hydrogens is 252 g/mol. The molecule has 0 radical (unpaired) electrons. The minimum absolute atomic E-state index is 0.184. The highest BCUT2D eigenvalue weighted by Crippen LogP contribution is 2.24. The van der Waals surface area contributed by atoms with E-state index >= 15 is 0 Å². The molecule has 0 saturated carbocycles. The topological polar surface area (TPSA) is 29.3 Å². The third-order valence-electron chi connectivity index (χ3n) is 4.18. The Morgan fingerprint density at radius 1 is 1.37 bits per heavy atom. The molecular formula is C16H24N2S. The standard InChI is InChI=1S/C16H24N2S/c1-2-14-10-6-7-11-18(14)12-15(16(17)19)13-8-4-3-5-9-13/h3-5,8-9,14-15H,2,6-7,10-12H2,1H3,(H2,17,19). The summed E-state index contributed by atoms with van der Waals surface area (Å²) in [6.45, 7) is 4.43. The average molecular weight is 276 g/mol. The zero-order valence-electron chi connectivity index (χ0n) is 11.7. The molecule has 3 heteroatoms. The van der Waals surface area contributed by atoms with Crippen LogP contribution in [0, 0.1) is 0 Å². The van der Waals surface area contributed by atoms with E-state index in [0.29, 0.717) is 11.0 Å². The summed E-state index contributed by atoms with van der Waals surface area (Å²) in [6.07, 6.45) is 5.20. The molecule has 1 aliphatic heterocycles. The van der Waals surface area contributed by atoms with Gasteiger partial charge in [0, 0.05) is 18.5 Å². The summed E-state index contributed by atoms with van der Waals surface area (Å²) in [4.78, 5) is 3.20. The summed E-state index contributed by atoms with van der Waals surface area (Å²) in [6, 6.07) is 11.1. The molecule has 104 valence electrons. The fourth-order valence-corrected chi connectivity index (χ4v) is 3.25. The van der Waals surface area contributed by atoms with Crippen molar-refractivity contribution < 1.29 is 0 Å². The van der Waals surface area contributed by atoms with Gasteiger partial charge in [0.1, 0.15) is 0 Å². The predicted molar refractivity (Wildman–Crippen MR) is 85.5 cm³/mol. The van der Waals surface area contributed by atoms with Crippen LogP contribution < -0.4 is 5.73 Å². The molecule has 2 unspecified atom stereocenters. The average Bonchev–Trinajstić information content (AvgIpc) is 2.45. The van der Waals surface area contributed by atoms with Crippen molar-refractivity contribution in [2.45, 2.75) is 44.6 Å². The van der Waals surface area contributed by atoms with E-state index in [9.17, 15) is 0 Å². The summed E-state index contributed by atoms with van der Waals surface area (Å²) in [5.41, 5.74) is 7.22. The van der Waals surface area contributed by atoms with Gasteiger partial charge in [-0.15, -0.1) is 0 Å². The maximum Gasteiger partial charge on any atom is 0.0816 e. The van der Waals surface area contributed by atoms with Crippen molar-refractivity contribution in [3.05, 3.63) is 35.9 Å². The molecule has 1 aromatic rings. The van der Waals surface area contributed by atoms with Crippen molar-refractivity contribution >= 4 is 17.2 Å². The highest BCUT2D eigenvalue weighted by Gasteiger charge is 2.25. The molecule has 0 aliphatic carbocycles. The van der Waals surface area contributed by atoms with Crippen LogP contribution in [0.2, 0.25) is 0 Å². The zero-order chi connectivity index (χ0) is 13.7. The Hall–Kier alpha value is -0.930. The lowest BCUT2D eigenvalue weighted by molar-refractivity contribution is 0.143. The lowest BCUT2D eigenvalue weighted by atomic mass is 9.94. The minimum Gasteiger partial charge on any atom is -0.393 e. The number of benzene rings is 1. The van der Waals surface area contributed by atoms with Gasteiger partial charge < -0.3 is 5.73 Å². The summed E-state index contributed by atoms with van der Waals surface area (Å²) >= 11 is 5.29. The number of rotatable bonds is 5. The molecule has 2 rings (SSSR count). The molecule has 0 spiro atoms. The van der Waals surface area contributed by atoms with Crippen molar-refractivity contribution in [1.29, 1.82) is 0 Å². The second kappa shape index (κ2) is 7.01. The van der Waals surface area contributed by atoms with Crippen molar-refractivity contribution in [1.82, 2.24) is 4.90 Å². The molecule has 0 bridgehead atoms. The molecule has 2 atom stereocenters. The number of likely N-dealkylation sites (tertiary alicyclic amines) is 1. The lowest BCUT2D eigenvalue weighted by Crippen LogP contribution is -2.43. The Labute approximate surface area is 122 Å². The maximum atomic E-state index is 5.98. The van der Waals surface area contributed by atoms with Crippen molar-refractivity contribution in [2.75, 3.05) is 13.1 Å². The van der Waals surface area contributed by atoms with Gasteiger partial charge in [0.15, 0.2) is 0 Å². The molecule has 1 saturated heterocycles. The molecule has 1 aromatic carbocycles. The van der Waals surface area contributed by atoms with Crippen LogP contribution in [0.15, 0.2) is 30.3 Å². The van der Waals surface area contributed by atoms with Gasteiger partial charge in [0.05, 0.1) is 4.99 Å². The first kappa shape index (κ1) is 14.5. The predicted octanol–water partition coefficient (Wildman–Crippen LogP) is 3.32. The number of thiocarbonyl (C=S) groups is 1. The van der Waals surface area contributed by atoms with E-state index in [1.54, 1.807) is 0 Å². The Kier molecular flexibility index (Phi) is 5.34. The molecule has 1 heterocycles. The number of piperidine rings is 1. The highest BCUT2D eigenvalue weighted by molar-refractivity contribution is 7.80. The Morgan fingerprint density at radius 3 is 2.74 bits per heavy atom. The second-order valence-electron chi connectivity index (χ2n) is 5.42. The number of nitrogens with zero attached hydrogens (tertiary/aromatic N) is 1. The van der Waals surface area contributed by atoms with Gasteiger partial charge in [0.25, 0.3) is 0 Å². The van der Waals surface area contributed by atoms with Gasteiger partial charge in [0.2, 0.25) is 0 Å². The molecule has 19 heavy (non-hydrogen) atoms. The van der Waals surface area contributed by atoms with Crippen molar-refractivity contribution in [3.8, 4) is 0 Å². The highest BCUT2D eigenvalue weighted by atomic mass is 32.1. The van der Waals surface area contributed by atoms with Gasteiger partial charge in [-0.2, -0.15) is 0 Å². The van der Waals surface area contributed by atoms with Crippen LogP contribution in [0.5, 0.6) is 0 Å². The quantitative estimate of drug-likeness (QED) is 0.837. The first-order valence-corrected chi connectivity index (χ1v) is 7.71. The second-order valence-corrected chi connectivity index (χ2v) is 5.89. The van der Waals surface area contributed by atoms with Gasteiger partial charge >= 0.3 is 0 Å². The van der Waals surface area contributed by atoms with Gasteiger partial charge in [-0.1, -0.05) is 55.9 Å². The van der Waals surface area contributed by atoms with Gasteiger partial charge in [-0.05, 0) is 31.4 Å². The number of hydrogen-bond acceptors (Lipinski definition) is 2. The van der Waals surface area contributed by atoms with Crippen LogP contribution >= 0.6 is 12.2 Å². The third-order valence-corrected chi connectivity index (χ3v) is 4.47. The van der Waals surface area contributed by atoms with Gasteiger partial charge in [-0.25, -0.2) is 0 Å². The van der Waals surface area contributed by atoms with Crippen LogP contribution in [0.3, 0.4) is 0 Å². The van der Waals surface area contributed by atoms with E-state index < -0.39 is 0 Å². The van der Waals surface area contributed by atoms with Crippen molar-refractivity contribution in [3.63, 3.8) is 0 Å². The SMILES string of the molecule is CCC1CCCCN1CC(C(N)=S)c1ccccc1. The monoisotopic (exact) mass is 276 g/mol. The van der Waals surface area contributed by atoms with Crippen LogP contribution in [-0.4, -0.2) is 29.0 Å². The third kappa shape index (κ3) is 3.77. The first-order chi connectivity index (χ1) is 9.22. The Morgan fingerprint density at radius 2 is 2.11 bits per heavy atom. The van der Waals surface area contributed by atoms with E-state index in [4.69, 9.17) is 18.0 Å². The van der Waals surface area contributed by atoms with Crippen LogP contribution in [0.1, 0.15) is 44.1 Å². The molecule has 1 aliphatic rings. The van der Waals surface area contributed by atoms with Crippen molar-refractivity contribution in [2.24, 2.45) is 5.73 Å². The Balaban J connectivity index is 2.10. The summed E-state index contributed by atoms with van der Waals surface area (Å²) < 4.78 is 0. The first-order valence-electron chi connectivity index (χ1n) is 7.30.